The van der Waals surface area contributed by atoms with Crippen LogP contribution >= 0.6 is 0 Å². The summed E-state index contributed by atoms with van der Waals surface area (Å²) in [6, 6.07) is 0. The second-order valence-electron chi connectivity index (χ2n) is 4.16. The van der Waals surface area contributed by atoms with Crippen LogP contribution in [0.2, 0.25) is 0 Å². The van der Waals surface area contributed by atoms with Crippen molar-refractivity contribution in [1.82, 2.24) is 4.90 Å². The van der Waals surface area contributed by atoms with Crippen molar-refractivity contribution in [1.29, 1.82) is 0 Å². The van der Waals surface area contributed by atoms with Gasteiger partial charge in [-0.05, 0) is 38.9 Å². The van der Waals surface area contributed by atoms with Gasteiger partial charge in [-0.1, -0.05) is 38.5 Å². The van der Waals surface area contributed by atoms with Crippen molar-refractivity contribution in [2.75, 3.05) is 20.6 Å². The first-order valence-corrected chi connectivity index (χ1v) is 5.59. The predicted molar refractivity (Wildman–Crippen MR) is 65.5 cm³/mol. The Hall–Kier alpha value is -0.560. The molecule has 0 saturated heterocycles. The average molecular weight is 195 g/mol. The van der Waals surface area contributed by atoms with Gasteiger partial charge >= 0.3 is 0 Å². The first kappa shape index (κ1) is 13.4. The lowest BCUT2D eigenvalue weighted by Crippen LogP contribution is -2.20. The molecule has 1 unspecified atom stereocenters. The van der Waals surface area contributed by atoms with E-state index in [1.54, 1.807) is 0 Å². The van der Waals surface area contributed by atoms with Crippen LogP contribution in [0.3, 0.4) is 0 Å². The van der Waals surface area contributed by atoms with Gasteiger partial charge in [0.1, 0.15) is 0 Å². The van der Waals surface area contributed by atoms with E-state index in [4.69, 9.17) is 0 Å². The predicted octanol–water partition coefficient (Wildman–Crippen LogP) is 3.49. The molecule has 0 N–H and O–H groups in total. The van der Waals surface area contributed by atoms with Crippen LogP contribution in [0, 0.1) is 5.92 Å². The highest BCUT2D eigenvalue weighted by molar-refractivity contribution is 5.21. The van der Waals surface area contributed by atoms with E-state index < -0.39 is 0 Å². The standard InChI is InChI=1S/C13H25N/c1-6-8-10-13(9-7-2)12(3)11-14(4)5/h7,9-10,12H,6,8,11H2,1-5H3/b9-7-,13-10+. The van der Waals surface area contributed by atoms with E-state index in [0.29, 0.717) is 5.92 Å². The Morgan fingerprint density at radius 3 is 2.43 bits per heavy atom. The third-order valence-corrected chi connectivity index (χ3v) is 2.24. The SMILES string of the molecule is C/C=C\C(=C/CCC)C(C)CN(C)C. The summed E-state index contributed by atoms with van der Waals surface area (Å²) in [6.07, 6.45) is 9.17. The summed E-state index contributed by atoms with van der Waals surface area (Å²) >= 11 is 0. The zero-order valence-electron chi connectivity index (χ0n) is 10.4. The third-order valence-electron chi connectivity index (χ3n) is 2.24. The van der Waals surface area contributed by atoms with Gasteiger partial charge in [0.15, 0.2) is 0 Å². The molecule has 0 saturated carbocycles. The molecule has 0 aromatic rings. The highest BCUT2D eigenvalue weighted by Gasteiger charge is 2.06. The molecule has 0 rings (SSSR count). The Morgan fingerprint density at radius 2 is 2.00 bits per heavy atom. The van der Waals surface area contributed by atoms with Crippen LogP contribution in [0.5, 0.6) is 0 Å². The number of allylic oxidation sites excluding steroid dienone is 3. The summed E-state index contributed by atoms with van der Waals surface area (Å²) in [5, 5.41) is 0. The molecule has 0 bridgehead atoms. The van der Waals surface area contributed by atoms with Crippen molar-refractivity contribution in [3.05, 3.63) is 23.8 Å². The van der Waals surface area contributed by atoms with Gasteiger partial charge in [0.2, 0.25) is 0 Å². The number of rotatable bonds is 6. The maximum Gasteiger partial charge on any atom is 0.00414 e. The van der Waals surface area contributed by atoms with Crippen LogP contribution in [0.15, 0.2) is 23.8 Å². The van der Waals surface area contributed by atoms with Gasteiger partial charge in [0, 0.05) is 6.54 Å². The fraction of sp³-hybridized carbons (Fsp3) is 0.692. The smallest absolute Gasteiger partial charge is 0.00414 e. The zero-order valence-corrected chi connectivity index (χ0v) is 10.4. The van der Waals surface area contributed by atoms with Crippen LogP contribution in [-0.4, -0.2) is 25.5 Å². The fourth-order valence-electron chi connectivity index (χ4n) is 1.59. The summed E-state index contributed by atoms with van der Waals surface area (Å²) in [6.45, 7) is 7.73. The minimum absolute atomic E-state index is 0.632. The number of hydrogen-bond acceptors (Lipinski definition) is 1. The quantitative estimate of drug-likeness (QED) is 0.586. The minimum atomic E-state index is 0.632. The van der Waals surface area contributed by atoms with Crippen LogP contribution in [0.25, 0.3) is 0 Å². The summed E-state index contributed by atoms with van der Waals surface area (Å²) in [5.41, 5.74) is 1.48. The lowest BCUT2D eigenvalue weighted by atomic mass is 9.98. The van der Waals surface area contributed by atoms with Crippen molar-refractivity contribution >= 4 is 0 Å². The molecule has 14 heavy (non-hydrogen) atoms. The van der Waals surface area contributed by atoms with E-state index in [-0.39, 0.29) is 0 Å². The molecule has 0 aliphatic heterocycles. The van der Waals surface area contributed by atoms with E-state index in [9.17, 15) is 0 Å². The lowest BCUT2D eigenvalue weighted by Gasteiger charge is -2.18. The maximum atomic E-state index is 2.37. The van der Waals surface area contributed by atoms with Gasteiger partial charge in [-0.15, -0.1) is 0 Å². The van der Waals surface area contributed by atoms with Gasteiger partial charge < -0.3 is 4.90 Å². The molecule has 0 aromatic carbocycles. The van der Waals surface area contributed by atoms with Crippen molar-refractivity contribution < 1.29 is 0 Å². The normalized spacial score (nSPS) is 15.4. The van der Waals surface area contributed by atoms with E-state index >= 15 is 0 Å². The van der Waals surface area contributed by atoms with Gasteiger partial charge in [-0.25, -0.2) is 0 Å². The average Bonchev–Trinajstić information content (AvgIpc) is 2.10. The molecule has 0 heterocycles. The highest BCUT2D eigenvalue weighted by Crippen LogP contribution is 2.14. The number of hydrogen-bond donors (Lipinski definition) is 0. The van der Waals surface area contributed by atoms with Crippen molar-refractivity contribution in [3.63, 3.8) is 0 Å². The molecule has 0 aliphatic carbocycles. The van der Waals surface area contributed by atoms with E-state index in [1.807, 2.05) is 0 Å². The van der Waals surface area contributed by atoms with Gasteiger partial charge in [-0.3, -0.25) is 0 Å². The highest BCUT2D eigenvalue weighted by atomic mass is 15.1. The molecule has 0 fully saturated rings. The topological polar surface area (TPSA) is 3.24 Å². The minimum Gasteiger partial charge on any atom is -0.309 e. The van der Waals surface area contributed by atoms with Gasteiger partial charge in [-0.2, -0.15) is 0 Å². The second-order valence-corrected chi connectivity index (χ2v) is 4.16. The summed E-state index contributed by atoms with van der Waals surface area (Å²) in [4.78, 5) is 2.24. The number of nitrogens with zero attached hydrogens (tertiary/aromatic N) is 1. The first-order chi connectivity index (χ1) is 6.61. The third kappa shape index (κ3) is 5.98. The van der Waals surface area contributed by atoms with Crippen LogP contribution < -0.4 is 0 Å². The first-order valence-electron chi connectivity index (χ1n) is 5.59. The zero-order chi connectivity index (χ0) is 11.0. The molecule has 1 atom stereocenters. The largest absolute Gasteiger partial charge is 0.309 e. The van der Waals surface area contributed by atoms with Crippen LogP contribution in [0.4, 0.5) is 0 Å². The Labute approximate surface area is 89.5 Å². The van der Waals surface area contributed by atoms with Crippen LogP contribution in [0.1, 0.15) is 33.6 Å². The molecule has 82 valence electrons. The lowest BCUT2D eigenvalue weighted by molar-refractivity contribution is 0.365. The van der Waals surface area contributed by atoms with Crippen molar-refractivity contribution in [2.24, 2.45) is 5.92 Å². The van der Waals surface area contributed by atoms with Crippen molar-refractivity contribution in [3.8, 4) is 0 Å². The van der Waals surface area contributed by atoms with Crippen molar-refractivity contribution in [2.45, 2.75) is 33.6 Å². The maximum absolute atomic E-state index is 2.37. The molecule has 0 radical (unpaired) electrons. The molecule has 0 aromatic heterocycles. The van der Waals surface area contributed by atoms with E-state index in [0.717, 1.165) is 6.54 Å². The molecule has 0 aliphatic rings. The van der Waals surface area contributed by atoms with E-state index in [1.165, 1.54) is 18.4 Å². The summed E-state index contributed by atoms with van der Waals surface area (Å²) < 4.78 is 0. The van der Waals surface area contributed by atoms with Gasteiger partial charge in [0.05, 0.1) is 0 Å². The molecule has 0 amide bonds. The fourth-order valence-corrected chi connectivity index (χ4v) is 1.59. The monoisotopic (exact) mass is 195 g/mol. The second kappa shape index (κ2) is 7.81. The number of unbranched alkanes of at least 4 members (excludes halogenated alkanes) is 1. The molecular formula is C13H25N. The molecule has 1 nitrogen and oxygen atoms in total. The Kier molecular flexibility index (Phi) is 7.50. The Morgan fingerprint density at radius 1 is 1.36 bits per heavy atom. The van der Waals surface area contributed by atoms with E-state index in [2.05, 4.69) is 58.0 Å². The summed E-state index contributed by atoms with van der Waals surface area (Å²) in [5.74, 6) is 0.632. The Bertz CT molecular complexity index is 189. The van der Waals surface area contributed by atoms with Crippen LogP contribution in [-0.2, 0) is 0 Å². The molecule has 0 spiro atoms. The molecular weight excluding hydrogens is 170 g/mol. The Balaban J connectivity index is 4.32. The summed E-state index contributed by atoms with van der Waals surface area (Å²) in [7, 11) is 4.26. The van der Waals surface area contributed by atoms with Gasteiger partial charge in [0.25, 0.3) is 0 Å². The molecule has 1 heteroatoms.